The van der Waals surface area contributed by atoms with Crippen molar-refractivity contribution in [3.63, 3.8) is 0 Å². The third-order valence-corrected chi connectivity index (χ3v) is 5.48. The van der Waals surface area contributed by atoms with Crippen molar-refractivity contribution >= 4 is 47.8 Å². The summed E-state index contributed by atoms with van der Waals surface area (Å²) in [6, 6.07) is 0. The first-order valence-corrected chi connectivity index (χ1v) is 13.7. The minimum atomic E-state index is -1.40. The average Bonchev–Trinajstić information content (AvgIpc) is 2.96. The Kier molecular flexibility index (Phi) is 17.9. The van der Waals surface area contributed by atoms with E-state index in [1.807, 2.05) is 0 Å². The second-order valence-electron chi connectivity index (χ2n) is 10.6. The van der Waals surface area contributed by atoms with Gasteiger partial charge in [0.1, 0.15) is 26.4 Å². The molecule has 2 unspecified atom stereocenters. The van der Waals surface area contributed by atoms with Crippen molar-refractivity contribution in [2.75, 3.05) is 26.4 Å². The summed E-state index contributed by atoms with van der Waals surface area (Å²) in [6.45, 7) is 13.8. The Bertz CT molecular complexity index is 1210. The predicted molar refractivity (Wildman–Crippen MR) is 155 cm³/mol. The second kappa shape index (κ2) is 20.1. The molecule has 2 N–H and O–H groups in total. The van der Waals surface area contributed by atoms with Gasteiger partial charge in [-0.1, -0.05) is 19.7 Å². The fraction of sp³-hybridized carbons (Fsp3) is 0.533. The molecule has 0 saturated carbocycles. The Morgan fingerprint density at radius 1 is 0.587 bits per heavy atom. The molecule has 0 saturated heterocycles. The largest absolute Gasteiger partial charge is 0.481 e. The molecule has 0 aliphatic carbocycles. The molecule has 0 aliphatic heterocycles. The lowest BCUT2D eigenvalue weighted by Gasteiger charge is -2.25. The monoisotopic (exact) mass is 656 g/mol. The van der Waals surface area contributed by atoms with Crippen molar-refractivity contribution in [2.24, 2.45) is 5.41 Å². The number of hydrogen-bond donors (Lipinski definition) is 2. The summed E-state index contributed by atoms with van der Waals surface area (Å²) in [5.74, 6) is -7.87. The topological polar surface area (TPSA) is 232 Å². The molecular weight excluding hydrogens is 616 g/mol. The van der Waals surface area contributed by atoms with E-state index in [1.165, 1.54) is 27.7 Å². The van der Waals surface area contributed by atoms with Gasteiger partial charge in [0.15, 0.2) is 12.2 Å². The molecule has 0 spiro atoms. The molecule has 0 aromatic carbocycles. The maximum atomic E-state index is 12.9. The summed E-state index contributed by atoms with van der Waals surface area (Å²) >= 11 is 0. The summed E-state index contributed by atoms with van der Waals surface area (Å²) in [5.41, 5.74) is -1.51. The van der Waals surface area contributed by atoms with Crippen LogP contribution in [0.25, 0.3) is 0 Å². The van der Waals surface area contributed by atoms with Crippen LogP contribution in [0.15, 0.2) is 36.5 Å². The third kappa shape index (κ3) is 17.9. The summed E-state index contributed by atoms with van der Waals surface area (Å²) < 4.78 is 30.4. The fourth-order valence-corrected chi connectivity index (χ4v) is 3.04. The van der Waals surface area contributed by atoms with Gasteiger partial charge in [0.2, 0.25) is 0 Å². The molecule has 46 heavy (non-hydrogen) atoms. The highest BCUT2D eigenvalue weighted by Gasteiger charge is 2.34. The quantitative estimate of drug-likeness (QED) is 0.0961. The van der Waals surface area contributed by atoms with E-state index in [1.54, 1.807) is 0 Å². The number of aliphatic carboxylic acids is 2. The number of carbonyl (C=O) groups is 8. The minimum Gasteiger partial charge on any atom is -0.481 e. The fourth-order valence-electron chi connectivity index (χ4n) is 3.04. The van der Waals surface area contributed by atoms with Crippen molar-refractivity contribution in [3.05, 3.63) is 36.5 Å². The zero-order valence-corrected chi connectivity index (χ0v) is 26.2. The molecule has 0 rings (SSSR count). The van der Waals surface area contributed by atoms with Crippen LogP contribution in [-0.2, 0) is 66.8 Å². The molecule has 16 nitrogen and oxygen atoms in total. The van der Waals surface area contributed by atoms with Gasteiger partial charge < -0.3 is 38.6 Å². The number of hydrogen-bond acceptors (Lipinski definition) is 14. The van der Waals surface area contributed by atoms with E-state index in [4.69, 9.17) is 38.6 Å². The Morgan fingerprint density at radius 2 is 0.935 bits per heavy atom. The van der Waals surface area contributed by atoms with Gasteiger partial charge in [0.25, 0.3) is 0 Å². The lowest BCUT2D eigenvalue weighted by atomic mass is 9.86. The summed E-state index contributed by atoms with van der Waals surface area (Å²) in [6.07, 6.45) is -4.90. The van der Waals surface area contributed by atoms with Crippen LogP contribution < -0.4 is 0 Å². The number of carboxylic acids is 2. The third-order valence-electron chi connectivity index (χ3n) is 5.48. The molecule has 0 fully saturated rings. The van der Waals surface area contributed by atoms with Gasteiger partial charge >= 0.3 is 47.8 Å². The van der Waals surface area contributed by atoms with Gasteiger partial charge in [-0.2, -0.15) is 0 Å². The van der Waals surface area contributed by atoms with Crippen LogP contribution in [0.1, 0.15) is 59.8 Å². The van der Waals surface area contributed by atoms with Crippen LogP contribution in [0, 0.1) is 5.41 Å². The SMILES string of the molecule is C=C(C)C(=O)OCC(COC(=O)C(=C)CC(C)(C)C(=O)OCC(COC(=O)C(=C)C)OC(=O)CCC(=O)O)OC(=O)CCC(=O)O. The van der Waals surface area contributed by atoms with E-state index in [-0.39, 0.29) is 23.1 Å². The van der Waals surface area contributed by atoms with Crippen molar-refractivity contribution < 1.29 is 77.0 Å². The highest BCUT2D eigenvalue weighted by atomic mass is 16.6. The van der Waals surface area contributed by atoms with E-state index in [9.17, 15) is 38.4 Å². The maximum absolute atomic E-state index is 12.9. The van der Waals surface area contributed by atoms with Gasteiger partial charge in [-0.15, -0.1) is 0 Å². The highest BCUT2D eigenvalue weighted by Crippen LogP contribution is 2.27. The number of carboxylic acid groups (broad SMARTS) is 2. The van der Waals surface area contributed by atoms with Crippen LogP contribution in [0.5, 0.6) is 0 Å². The minimum absolute atomic E-state index is 0.0472. The normalized spacial score (nSPS) is 11.9. The van der Waals surface area contributed by atoms with Gasteiger partial charge in [0, 0.05) is 16.7 Å². The molecule has 16 heteroatoms. The number of rotatable bonds is 22. The second-order valence-corrected chi connectivity index (χ2v) is 10.6. The predicted octanol–water partition coefficient (Wildman–Crippen LogP) is 1.84. The Balaban J connectivity index is 5.28. The summed E-state index contributed by atoms with van der Waals surface area (Å²) in [7, 11) is 0. The molecule has 0 aliphatic rings. The van der Waals surface area contributed by atoms with Crippen molar-refractivity contribution in [1.82, 2.24) is 0 Å². The lowest BCUT2D eigenvalue weighted by molar-refractivity contribution is -0.170. The Hall–Kier alpha value is -5.02. The highest BCUT2D eigenvalue weighted by molar-refractivity contribution is 5.90. The van der Waals surface area contributed by atoms with Crippen molar-refractivity contribution in [2.45, 2.75) is 72.0 Å². The number of carbonyl (C=O) groups excluding carboxylic acids is 6. The molecule has 0 bridgehead atoms. The van der Waals surface area contributed by atoms with Gasteiger partial charge in [-0.25, -0.2) is 14.4 Å². The van der Waals surface area contributed by atoms with Crippen LogP contribution in [-0.4, -0.2) is 96.6 Å². The maximum Gasteiger partial charge on any atom is 0.333 e. The van der Waals surface area contributed by atoms with Crippen LogP contribution in [0.4, 0.5) is 0 Å². The summed E-state index contributed by atoms with van der Waals surface area (Å²) in [4.78, 5) is 94.4. The zero-order valence-electron chi connectivity index (χ0n) is 26.2. The van der Waals surface area contributed by atoms with Crippen molar-refractivity contribution in [3.8, 4) is 0 Å². The average molecular weight is 657 g/mol. The van der Waals surface area contributed by atoms with Gasteiger partial charge in [-0.3, -0.25) is 24.0 Å². The van der Waals surface area contributed by atoms with E-state index in [0.717, 1.165) is 0 Å². The first-order valence-electron chi connectivity index (χ1n) is 13.7. The molecule has 0 heterocycles. The lowest BCUT2D eigenvalue weighted by Crippen LogP contribution is -2.35. The molecular formula is C30H40O16. The van der Waals surface area contributed by atoms with E-state index >= 15 is 0 Å². The Labute approximate surface area is 265 Å². The molecule has 0 aromatic rings. The van der Waals surface area contributed by atoms with Crippen molar-refractivity contribution in [1.29, 1.82) is 0 Å². The molecule has 2 atom stereocenters. The Morgan fingerprint density at radius 3 is 1.28 bits per heavy atom. The standard InChI is InChI=1S/C30H40O16/c1-17(2)26(37)41-13-20(45-24(35)10-8-22(31)32)15-43-28(39)19(5)12-30(6,7)29(40)44-16-21(14-42-27(38)18(3)4)46-25(36)11-9-23(33)34/h20-21H,1,3,5,8-16H2,2,4,6-7H3,(H,31,32)(H,33,34). The molecule has 0 radical (unpaired) electrons. The first-order chi connectivity index (χ1) is 21.2. The van der Waals surface area contributed by atoms with Gasteiger partial charge in [0.05, 0.1) is 31.1 Å². The molecule has 256 valence electrons. The van der Waals surface area contributed by atoms with Gasteiger partial charge in [-0.05, 0) is 34.1 Å². The number of esters is 6. The molecule has 0 amide bonds. The first kappa shape index (κ1) is 41.0. The zero-order chi connectivity index (χ0) is 35.6. The smallest absolute Gasteiger partial charge is 0.333 e. The molecule has 0 aromatic heterocycles. The van der Waals surface area contributed by atoms with Crippen LogP contribution in [0.3, 0.4) is 0 Å². The summed E-state index contributed by atoms with van der Waals surface area (Å²) in [5, 5.41) is 17.5. The van der Waals surface area contributed by atoms with E-state index in [0.29, 0.717) is 0 Å². The van der Waals surface area contributed by atoms with Crippen LogP contribution in [0.2, 0.25) is 0 Å². The van der Waals surface area contributed by atoms with E-state index in [2.05, 4.69) is 19.7 Å². The van der Waals surface area contributed by atoms with Crippen LogP contribution >= 0.6 is 0 Å². The van der Waals surface area contributed by atoms with E-state index < -0.39 is 117 Å². The number of ether oxygens (including phenoxy) is 6.